The zero-order valence-corrected chi connectivity index (χ0v) is 12.1. The van der Waals surface area contributed by atoms with Crippen LogP contribution in [0.4, 0.5) is 4.79 Å². The number of carbonyl (C=O) groups is 1. The third-order valence-corrected chi connectivity index (χ3v) is 3.64. The summed E-state index contributed by atoms with van der Waals surface area (Å²) in [6.45, 7) is 6.89. The van der Waals surface area contributed by atoms with E-state index >= 15 is 0 Å². The summed E-state index contributed by atoms with van der Waals surface area (Å²) < 4.78 is 4.70. The Morgan fingerprint density at radius 2 is 1.94 bits per heavy atom. The van der Waals surface area contributed by atoms with E-state index in [4.69, 9.17) is 9.84 Å². The van der Waals surface area contributed by atoms with E-state index in [-0.39, 0.29) is 12.5 Å². The lowest BCUT2D eigenvalue weighted by atomic mass is 10.0. The first-order chi connectivity index (χ1) is 8.38. The van der Waals surface area contributed by atoms with Crippen LogP contribution >= 0.6 is 0 Å². The molecule has 1 aromatic rings. The molecule has 0 radical (unpaired) electrons. The third kappa shape index (κ3) is 5.68. The first-order valence-electron chi connectivity index (χ1n) is 5.98. The molecule has 0 aromatic heterocycles. The van der Waals surface area contributed by atoms with E-state index in [0.29, 0.717) is 0 Å². The Balaban J connectivity index is 2.82. The van der Waals surface area contributed by atoms with E-state index in [2.05, 4.69) is 31.4 Å². The fourth-order valence-corrected chi connectivity index (χ4v) is 2.34. The normalized spacial score (nSPS) is 13.5. The molecule has 0 aliphatic carbocycles. The lowest BCUT2D eigenvalue weighted by molar-refractivity contribution is 0.0894. The Hall–Kier alpha value is -1.55. The maximum absolute atomic E-state index is 10.5. The van der Waals surface area contributed by atoms with E-state index in [1.54, 1.807) is 0 Å². The van der Waals surface area contributed by atoms with Gasteiger partial charge >= 0.3 is 6.16 Å². The largest absolute Gasteiger partial charge is 0.505 e. The van der Waals surface area contributed by atoms with Crippen LogP contribution in [0.5, 0.6) is 0 Å². The zero-order chi connectivity index (χ0) is 13.6. The molecule has 4 heteroatoms. The van der Waals surface area contributed by atoms with Crippen LogP contribution in [-0.4, -0.2) is 25.9 Å². The maximum Gasteiger partial charge on any atom is 0.505 e. The molecule has 0 amide bonds. The SMILES string of the molecule is C[Si](C)(C)C=CC(COC(=O)O)c1ccccc1. The minimum absolute atomic E-state index is 0.00553. The molecular formula is C14H20O3Si. The van der Waals surface area contributed by atoms with Gasteiger partial charge in [-0.25, -0.2) is 4.79 Å². The van der Waals surface area contributed by atoms with Gasteiger partial charge in [-0.05, 0) is 5.56 Å². The molecule has 18 heavy (non-hydrogen) atoms. The summed E-state index contributed by atoms with van der Waals surface area (Å²) >= 11 is 0. The topological polar surface area (TPSA) is 46.5 Å². The standard InChI is InChI=1S/C14H20O3Si/c1-18(2,3)10-9-13(11-17-14(15)16)12-7-5-4-6-8-12/h4-10,13H,11H2,1-3H3,(H,15,16). The second-order valence-corrected chi connectivity index (χ2v) is 10.4. The zero-order valence-electron chi connectivity index (χ0n) is 11.1. The van der Waals surface area contributed by atoms with Gasteiger partial charge in [0.1, 0.15) is 6.61 Å². The molecule has 1 aromatic carbocycles. The van der Waals surface area contributed by atoms with Gasteiger partial charge in [0.2, 0.25) is 0 Å². The highest BCUT2D eigenvalue weighted by Crippen LogP contribution is 2.19. The van der Waals surface area contributed by atoms with Crippen LogP contribution in [-0.2, 0) is 4.74 Å². The van der Waals surface area contributed by atoms with E-state index in [0.717, 1.165) is 5.56 Å². The molecule has 0 bridgehead atoms. The summed E-state index contributed by atoms with van der Waals surface area (Å²) in [5.74, 6) is -0.00553. The fraction of sp³-hybridized carbons (Fsp3) is 0.357. The van der Waals surface area contributed by atoms with Crippen molar-refractivity contribution in [2.45, 2.75) is 25.6 Å². The number of benzene rings is 1. The highest BCUT2D eigenvalue weighted by atomic mass is 28.3. The fourth-order valence-electron chi connectivity index (χ4n) is 1.53. The molecule has 0 heterocycles. The molecule has 3 nitrogen and oxygen atoms in total. The van der Waals surface area contributed by atoms with Crippen molar-refractivity contribution in [3.05, 3.63) is 47.7 Å². The minimum Gasteiger partial charge on any atom is -0.450 e. The Morgan fingerprint density at radius 3 is 2.44 bits per heavy atom. The van der Waals surface area contributed by atoms with Gasteiger partial charge in [0.05, 0.1) is 8.07 Å². The Morgan fingerprint density at radius 1 is 1.33 bits per heavy atom. The van der Waals surface area contributed by atoms with Crippen molar-refractivity contribution in [2.75, 3.05) is 6.61 Å². The van der Waals surface area contributed by atoms with Gasteiger partial charge in [-0.3, -0.25) is 0 Å². The molecule has 0 saturated heterocycles. The molecule has 0 aliphatic heterocycles. The van der Waals surface area contributed by atoms with Crippen LogP contribution in [0, 0.1) is 0 Å². The molecule has 0 aliphatic rings. The lowest BCUT2D eigenvalue weighted by Crippen LogP contribution is -2.17. The lowest BCUT2D eigenvalue weighted by Gasteiger charge is -2.15. The number of hydrogen-bond donors (Lipinski definition) is 1. The Bertz CT molecular complexity index is 407. The van der Waals surface area contributed by atoms with Crippen LogP contribution < -0.4 is 0 Å². The van der Waals surface area contributed by atoms with E-state index in [1.165, 1.54) is 0 Å². The quantitative estimate of drug-likeness (QED) is 0.648. The van der Waals surface area contributed by atoms with Crippen LogP contribution in [0.3, 0.4) is 0 Å². The number of carboxylic acid groups (broad SMARTS) is 1. The Labute approximate surface area is 109 Å². The van der Waals surface area contributed by atoms with E-state index < -0.39 is 14.2 Å². The number of hydrogen-bond acceptors (Lipinski definition) is 2. The second-order valence-electron chi connectivity index (χ2n) is 5.32. The monoisotopic (exact) mass is 264 g/mol. The highest BCUT2D eigenvalue weighted by molar-refractivity contribution is 6.80. The van der Waals surface area contributed by atoms with Crippen molar-refractivity contribution in [2.24, 2.45) is 0 Å². The predicted octanol–water partition coefficient (Wildman–Crippen LogP) is 3.90. The average molecular weight is 264 g/mol. The van der Waals surface area contributed by atoms with Crippen molar-refractivity contribution >= 4 is 14.2 Å². The summed E-state index contributed by atoms with van der Waals surface area (Å²) in [7, 11) is -1.29. The summed E-state index contributed by atoms with van der Waals surface area (Å²) in [5, 5.41) is 8.60. The van der Waals surface area contributed by atoms with Gasteiger partial charge < -0.3 is 9.84 Å². The van der Waals surface area contributed by atoms with Crippen LogP contribution in [0.2, 0.25) is 19.6 Å². The van der Waals surface area contributed by atoms with Gasteiger partial charge in [0.25, 0.3) is 0 Å². The van der Waals surface area contributed by atoms with E-state index in [9.17, 15) is 4.79 Å². The molecule has 0 spiro atoms. The van der Waals surface area contributed by atoms with Gasteiger partial charge in [-0.2, -0.15) is 0 Å². The summed E-state index contributed by atoms with van der Waals surface area (Å²) in [4.78, 5) is 10.5. The second kappa shape index (κ2) is 6.40. The Kier molecular flexibility index (Phi) is 5.16. The summed E-state index contributed by atoms with van der Waals surface area (Å²) in [5.41, 5.74) is 3.30. The van der Waals surface area contributed by atoms with Crippen molar-refractivity contribution in [3.63, 3.8) is 0 Å². The van der Waals surface area contributed by atoms with Gasteiger partial charge in [0, 0.05) is 5.92 Å². The first-order valence-corrected chi connectivity index (χ1v) is 9.56. The van der Waals surface area contributed by atoms with Gasteiger partial charge in [-0.1, -0.05) is 61.7 Å². The number of ether oxygens (including phenoxy) is 1. The summed E-state index contributed by atoms with van der Waals surface area (Å²) in [6, 6.07) is 9.83. The maximum atomic E-state index is 10.5. The predicted molar refractivity (Wildman–Crippen MR) is 75.6 cm³/mol. The van der Waals surface area contributed by atoms with E-state index in [1.807, 2.05) is 30.3 Å². The molecular weight excluding hydrogens is 244 g/mol. The first kappa shape index (κ1) is 14.5. The van der Waals surface area contributed by atoms with Crippen molar-refractivity contribution in [1.82, 2.24) is 0 Å². The molecule has 1 atom stereocenters. The molecule has 1 N–H and O–H groups in total. The molecule has 98 valence electrons. The van der Waals surface area contributed by atoms with Crippen molar-refractivity contribution in [3.8, 4) is 0 Å². The van der Waals surface area contributed by atoms with Crippen molar-refractivity contribution < 1.29 is 14.6 Å². The van der Waals surface area contributed by atoms with Crippen LogP contribution in [0.25, 0.3) is 0 Å². The highest BCUT2D eigenvalue weighted by Gasteiger charge is 2.13. The molecule has 0 saturated carbocycles. The van der Waals surface area contributed by atoms with Gasteiger partial charge in [0.15, 0.2) is 0 Å². The third-order valence-electron chi connectivity index (χ3n) is 2.44. The minimum atomic E-state index is -1.29. The average Bonchev–Trinajstić information content (AvgIpc) is 2.28. The smallest absolute Gasteiger partial charge is 0.450 e. The van der Waals surface area contributed by atoms with Crippen molar-refractivity contribution in [1.29, 1.82) is 0 Å². The molecule has 1 unspecified atom stereocenters. The molecule has 0 fully saturated rings. The molecule has 1 rings (SSSR count). The van der Waals surface area contributed by atoms with Crippen LogP contribution in [0.15, 0.2) is 42.1 Å². The van der Waals surface area contributed by atoms with Gasteiger partial charge in [-0.15, -0.1) is 0 Å². The summed E-state index contributed by atoms with van der Waals surface area (Å²) in [6.07, 6.45) is 0.849. The number of rotatable bonds is 5. The van der Waals surface area contributed by atoms with Crippen LogP contribution in [0.1, 0.15) is 11.5 Å².